The maximum absolute atomic E-state index is 15.7. The zero-order chi connectivity index (χ0) is 48.5. The van der Waals surface area contributed by atoms with E-state index in [1.54, 1.807) is 65.2 Å². The summed E-state index contributed by atoms with van der Waals surface area (Å²) in [5.74, 6) is -0.696. The van der Waals surface area contributed by atoms with Gasteiger partial charge in [-0.1, -0.05) is 85.0 Å². The number of ether oxygens (including phenoxy) is 2. The quantitative estimate of drug-likeness (QED) is 0.0497. The van der Waals surface area contributed by atoms with Crippen LogP contribution >= 0.6 is 0 Å². The van der Waals surface area contributed by atoms with E-state index in [9.17, 15) is 14.7 Å². The normalized spacial score (nSPS) is 19.1. The summed E-state index contributed by atoms with van der Waals surface area (Å²) in [7, 11) is -0.884. The van der Waals surface area contributed by atoms with Crippen LogP contribution in [-0.4, -0.2) is 65.7 Å². The topological polar surface area (TPSA) is 200 Å². The molecule has 3 amide bonds. The summed E-state index contributed by atoms with van der Waals surface area (Å²) >= 11 is 0. The number of carbonyl (C=O) groups excluding carboxylic acids is 3. The number of fused-ring (bicyclic) bond motifs is 2. The van der Waals surface area contributed by atoms with Crippen molar-refractivity contribution >= 4 is 59.4 Å². The fourth-order valence-electron chi connectivity index (χ4n) is 10.3. The van der Waals surface area contributed by atoms with Crippen molar-refractivity contribution in [2.45, 2.75) is 62.7 Å². The molecule has 3 heterocycles. The number of nitrogens with zero attached hydrogens (tertiary/aromatic N) is 4. The van der Waals surface area contributed by atoms with Crippen LogP contribution in [0.15, 0.2) is 152 Å². The molecule has 2 aliphatic rings. The Morgan fingerprint density at radius 3 is 2.04 bits per heavy atom. The molecule has 2 aliphatic heterocycles. The molecule has 1 spiro atoms. The molecule has 0 aliphatic carbocycles. The molecule has 1 fully saturated rings. The molecule has 14 nitrogen and oxygen atoms in total. The highest BCUT2D eigenvalue weighted by atomic mass is 28.3. The van der Waals surface area contributed by atoms with Gasteiger partial charge in [0.1, 0.15) is 5.75 Å². The van der Waals surface area contributed by atoms with E-state index in [0.717, 1.165) is 16.9 Å². The number of hydrogen-bond acceptors (Lipinski definition) is 10. The molecule has 1 unspecified atom stereocenters. The van der Waals surface area contributed by atoms with Gasteiger partial charge in [0.15, 0.2) is 5.60 Å². The third-order valence-corrected chi connectivity index (χ3v) is 18.3. The number of aromatic nitrogens is 3. The third-order valence-electron chi connectivity index (χ3n) is 13.9. The fraction of sp³-hybridized carbons (Fsp3) is 0.241. The van der Waals surface area contributed by atoms with Crippen LogP contribution in [0.2, 0.25) is 18.6 Å². The number of aryl methyl sites for hydroxylation is 1. The second kappa shape index (κ2) is 19.2. The predicted octanol–water partition coefficient (Wildman–Crippen LogP) is 7.93. The summed E-state index contributed by atoms with van der Waals surface area (Å²) in [6.45, 7) is 7.34. The van der Waals surface area contributed by atoms with Gasteiger partial charge in [0.2, 0.25) is 0 Å². The fourth-order valence-corrected chi connectivity index (χ4v) is 14.3. The molecule has 7 N–H and O–H groups in total. The summed E-state index contributed by atoms with van der Waals surface area (Å²) < 4.78 is 14.8. The number of methoxy groups -OCH3 is 1. The van der Waals surface area contributed by atoms with Crippen molar-refractivity contribution in [3.05, 3.63) is 185 Å². The van der Waals surface area contributed by atoms with Gasteiger partial charge in [-0.05, 0) is 114 Å². The molecule has 352 valence electrons. The van der Waals surface area contributed by atoms with Gasteiger partial charge >= 0.3 is 0 Å². The van der Waals surface area contributed by atoms with Gasteiger partial charge in [-0.25, -0.2) is 0 Å². The minimum Gasteiger partial charge on any atom is -0.497 e. The lowest BCUT2D eigenvalue weighted by Gasteiger charge is -2.37. The summed E-state index contributed by atoms with van der Waals surface area (Å²) in [6.07, 6.45) is 1.99. The van der Waals surface area contributed by atoms with Crippen molar-refractivity contribution in [2.24, 2.45) is 5.92 Å². The number of nitrogen functional groups attached to an aromatic ring is 2. The molecule has 1 saturated heterocycles. The predicted molar refractivity (Wildman–Crippen MR) is 271 cm³/mol. The lowest BCUT2D eigenvalue weighted by molar-refractivity contribution is -0.146. The Hall–Kier alpha value is -7.59. The van der Waals surface area contributed by atoms with Crippen molar-refractivity contribution in [1.82, 2.24) is 15.0 Å². The van der Waals surface area contributed by atoms with Crippen LogP contribution in [0.25, 0.3) is 0 Å². The molecule has 15 heteroatoms. The Labute approximate surface area is 402 Å². The number of nitrogens with two attached hydrogens (primary N) is 2. The molecular formula is C54H56N8O6Si. The lowest BCUT2D eigenvalue weighted by atomic mass is 9.82. The van der Waals surface area contributed by atoms with Crippen LogP contribution in [0.3, 0.4) is 0 Å². The Bertz CT molecular complexity index is 2970. The number of carbonyl (C=O) groups is 3. The Morgan fingerprint density at radius 2 is 1.43 bits per heavy atom. The van der Waals surface area contributed by atoms with Crippen molar-refractivity contribution in [2.75, 3.05) is 40.7 Å². The van der Waals surface area contributed by atoms with E-state index >= 15 is 4.79 Å². The monoisotopic (exact) mass is 940 g/mol. The molecule has 7 aromatic rings. The van der Waals surface area contributed by atoms with E-state index in [2.05, 4.69) is 53.1 Å². The van der Waals surface area contributed by atoms with E-state index in [0.29, 0.717) is 63.8 Å². The Morgan fingerprint density at radius 1 is 0.826 bits per heavy atom. The number of rotatable bonds is 15. The lowest BCUT2D eigenvalue weighted by Crippen LogP contribution is -2.51. The van der Waals surface area contributed by atoms with Crippen LogP contribution in [0, 0.1) is 5.92 Å². The second-order valence-corrected chi connectivity index (χ2v) is 23.2. The van der Waals surface area contributed by atoms with E-state index in [1.807, 2.05) is 91.1 Å². The van der Waals surface area contributed by atoms with Gasteiger partial charge in [-0.15, -0.1) is 5.10 Å². The van der Waals surface area contributed by atoms with E-state index in [4.69, 9.17) is 20.9 Å². The van der Waals surface area contributed by atoms with Gasteiger partial charge in [-0.3, -0.25) is 19.1 Å². The Kier molecular flexibility index (Phi) is 12.9. The molecule has 0 bridgehead atoms. The number of benzene rings is 6. The molecule has 9 rings (SSSR count). The molecule has 6 aromatic carbocycles. The highest BCUT2D eigenvalue weighted by Gasteiger charge is 2.66. The molecule has 0 saturated carbocycles. The zero-order valence-corrected chi connectivity index (χ0v) is 40.0. The van der Waals surface area contributed by atoms with Gasteiger partial charge in [0.05, 0.1) is 51.7 Å². The summed E-state index contributed by atoms with van der Waals surface area (Å²) in [6, 6.07) is 44.4. The first-order chi connectivity index (χ1) is 33.3. The number of hydrogen-bond donors (Lipinski definition) is 5. The minimum absolute atomic E-state index is 0.0860. The van der Waals surface area contributed by atoms with Crippen LogP contribution < -0.4 is 36.9 Å². The van der Waals surface area contributed by atoms with Gasteiger partial charge < -0.3 is 41.6 Å². The van der Waals surface area contributed by atoms with E-state index in [-0.39, 0.29) is 48.3 Å². The van der Waals surface area contributed by atoms with Crippen molar-refractivity contribution < 1.29 is 29.0 Å². The standard InChI is InChI=1S/C54H56N8O6Si/c1-34-50(69(3,4)44-25-23-43(67-2)24-26-44)49(28-29-61-32-47(59-60-61)45(33-63)36-8-6-5-7-9-36)68-54(34)46-30-42(58-52(65)38-14-18-40(56)19-15-38)22-27-48(46)62(53(54)66)31-35-10-20-41(21-11-35)57-51(64)37-12-16-39(55)17-13-37/h5-27,30,32,34,45,49-50,63H,28-29,31,33,55-56H2,1-4H3,(H,57,64)(H,58,65)/t34-,45?,49+,50-,54+/m0/s1. The SMILES string of the molecule is COc1ccc([Si](C)(C)[C@@H]2[C@@H](CCn3cc(C(CO)c4ccccc4)nn3)O[C@]3(C(=O)N(Cc4ccc(NC(=O)c5ccc(N)cc5)cc4)c4ccc(NC(=O)c5ccc(N)cc5)cc43)[C@H]2C)cc1. The van der Waals surface area contributed by atoms with Gasteiger partial charge in [0, 0.05) is 58.1 Å². The molecule has 0 radical (unpaired) electrons. The van der Waals surface area contributed by atoms with Crippen LogP contribution in [0.5, 0.6) is 5.75 Å². The van der Waals surface area contributed by atoms with E-state index in [1.165, 1.54) is 5.19 Å². The van der Waals surface area contributed by atoms with Crippen LogP contribution in [0.1, 0.15) is 62.4 Å². The van der Waals surface area contributed by atoms with Crippen molar-refractivity contribution in [3.8, 4) is 5.75 Å². The molecule has 1 aromatic heterocycles. The maximum atomic E-state index is 15.7. The molecule has 69 heavy (non-hydrogen) atoms. The summed E-state index contributed by atoms with van der Waals surface area (Å²) in [5.41, 5.74) is 17.2. The van der Waals surface area contributed by atoms with Gasteiger partial charge in [0.25, 0.3) is 17.7 Å². The summed E-state index contributed by atoms with van der Waals surface area (Å²) in [4.78, 5) is 44.2. The Balaban J connectivity index is 1.07. The second-order valence-electron chi connectivity index (χ2n) is 18.5. The number of amides is 3. The maximum Gasteiger partial charge on any atom is 0.264 e. The van der Waals surface area contributed by atoms with E-state index < -0.39 is 19.8 Å². The first kappa shape index (κ1) is 46.5. The van der Waals surface area contributed by atoms with Crippen LogP contribution in [-0.2, 0) is 28.2 Å². The average molecular weight is 941 g/mol. The van der Waals surface area contributed by atoms with Crippen LogP contribution in [0.4, 0.5) is 28.4 Å². The zero-order valence-electron chi connectivity index (χ0n) is 39.0. The summed E-state index contributed by atoms with van der Waals surface area (Å²) in [5, 5.41) is 26.6. The average Bonchev–Trinajstić information content (AvgIpc) is 4.02. The first-order valence-corrected chi connectivity index (χ1v) is 26.1. The number of anilines is 5. The smallest absolute Gasteiger partial charge is 0.264 e. The highest BCUT2D eigenvalue weighted by molar-refractivity contribution is 6.91. The molecule has 5 atom stereocenters. The number of aliphatic hydroxyl groups is 1. The highest BCUT2D eigenvalue weighted by Crippen LogP contribution is 2.60. The van der Waals surface area contributed by atoms with Gasteiger partial charge in [-0.2, -0.15) is 0 Å². The van der Waals surface area contributed by atoms with Crippen molar-refractivity contribution in [1.29, 1.82) is 0 Å². The van der Waals surface area contributed by atoms with Crippen molar-refractivity contribution in [3.63, 3.8) is 0 Å². The third kappa shape index (κ3) is 9.11. The first-order valence-electron chi connectivity index (χ1n) is 23.1. The molecular weight excluding hydrogens is 885 g/mol. The minimum atomic E-state index is -2.54. The largest absolute Gasteiger partial charge is 0.497 e. The number of nitrogens with one attached hydrogen (secondary N) is 2. The number of aliphatic hydroxyl groups excluding tert-OH is 1.